The quantitative estimate of drug-likeness (QED) is 0.574. The topological polar surface area (TPSA) is 83.6 Å². The van der Waals surface area contributed by atoms with Crippen molar-refractivity contribution in [3.8, 4) is 0 Å². The fourth-order valence-corrected chi connectivity index (χ4v) is 3.60. The monoisotopic (exact) mass is 396 g/mol. The normalized spacial score (nSPS) is 14.0. The molecule has 3 amide bonds. The summed E-state index contributed by atoms with van der Waals surface area (Å²) in [7, 11) is 0. The maximum atomic E-state index is 13.0. The highest BCUT2D eigenvalue weighted by Crippen LogP contribution is 2.27. The Bertz CT molecular complexity index is 922. The molecule has 0 radical (unpaired) electrons. The molecule has 6 nitrogen and oxygen atoms in total. The van der Waals surface area contributed by atoms with Gasteiger partial charge in [0.1, 0.15) is 6.04 Å². The molecule has 0 unspecified atom stereocenters. The zero-order valence-electron chi connectivity index (χ0n) is 15.6. The lowest BCUT2D eigenvalue weighted by molar-refractivity contribution is -0.120. The van der Waals surface area contributed by atoms with Gasteiger partial charge in [0.25, 0.3) is 11.8 Å². The summed E-state index contributed by atoms with van der Waals surface area (Å²) in [6, 6.07) is 12.2. The number of carbonyl (C=O) groups is 4. The van der Waals surface area contributed by atoms with E-state index < -0.39 is 23.8 Å². The Morgan fingerprint density at radius 2 is 1.68 bits per heavy atom. The number of anilines is 1. The molecule has 0 aliphatic carbocycles. The Labute approximate surface area is 167 Å². The third-order valence-corrected chi connectivity index (χ3v) is 5.22. The summed E-state index contributed by atoms with van der Waals surface area (Å²) in [4.78, 5) is 51.2. The van der Waals surface area contributed by atoms with Gasteiger partial charge in [-0.1, -0.05) is 24.3 Å². The zero-order valence-corrected chi connectivity index (χ0v) is 16.4. The fourth-order valence-electron chi connectivity index (χ4n) is 3.14. The van der Waals surface area contributed by atoms with E-state index in [2.05, 4.69) is 5.32 Å². The van der Waals surface area contributed by atoms with E-state index in [1.54, 1.807) is 48.5 Å². The van der Waals surface area contributed by atoms with Crippen LogP contribution in [0.25, 0.3) is 0 Å². The van der Waals surface area contributed by atoms with Gasteiger partial charge in [-0.05, 0) is 49.6 Å². The second-order valence-electron chi connectivity index (χ2n) is 6.45. The highest BCUT2D eigenvalue weighted by Gasteiger charge is 2.42. The summed E-state index contributed by atoms with van der Waals surface area (Å²) in [6.45, 7) is 1.45. The number of fused-ring (bicyclic) bond motifs is 1. The molecule has 0 aromatic heterocycles. The number of nitrogens with zero attached hydrogens (tertiary/aromatic N) is 1. The Kier molecular flexibility index (Phi) is 5.94. The lowest BCUT2D eigenvalue weighted by atomic mass is 10.1. The van der Waals surface area contributed by atoms with Crippen molar-refractivity contribution in [3.63, 3.8) is 0 Å². The maximum Gasteiger partial charge on any atom is 0.262 e. The largest absolute Gasteiger partial charge is 0.324 e. The second kappa shape index (κ2) is 8.39. The average molecular weight is 396 g/mol. The number of nitrogens with one attached hydrogen (secondary N) is 1. The summed E-state index contributed by atoms with van der Waals surface area (Å²) in [5, 5.41) is 2.74. The molecule has 1 N–H and O–H groups in total. The summed E-state index contributed by atoms with van der Waals surface area (Å²) < 4.78 is 0. The van der Waals surface area contributed by atoms with Crippen LogP contribution in [-0.4, -0.2) is 46.5 Å². The molecule has 0 saturated carbocycles. The predicted octanol–water partition coefficient (Wildman–Crippen LogP) is 3.25. The lowest BCUT2D eigenvalue weighted by Gasteiger charge is -2.25. The molecular weight excluding hydrogens is 376 g/mol. The van der Waals surface area contributed by atoms with Crippen molar-refractivity contribution >= 4 is 41.0 Å². The molecule has 0 saturated heterocycles. The molecule has 2 aromatic rings. The van der Waals surface area contributed by atoms with Crippen LogP contribution in [-0.2, 0) is 4.79 Å². The summed E-state index contributed by atoms with van der Waals surface area (Å²) in [5.74, 6) is -0.878. The van der Waals surface area contributed by atoms with Gasteiger partial charge in [-0.25, -0.2) is 0 Å². The summed E-state index contributed by atoms with van der Waals surface area (Å²) in [6.07, 6.45) is 2.23. The van der Waals surface area contributed by atoms with Crippen LogP contribution in [0.2, 0.25) is 0 Å². The third-order valence-electron chi connectivity index (χ3n) is 4.57. The van der Waals surface area contributed by atoms with E-state index in [0.29, 0.717) is 34.6 Å². The number of hydrogen-bond donors (Lipinski definition) is 1. The second-order valence-corrected chi connectivity index (χ2v) is 7.44. The SMILES string of the molecule is CSCC[C@H](C(=O)Nc1cccc(C(C)=O)c1)N1C(=O)c2ccccc2C1=O. The van der Waals surface area contributed by atoms with Crippen molar-refractivity contribution in [3.05, 3.63) is 65.2 Å². The van der Waals surface area contributed by atoms with Crippen molar-refractivity contribution in [1.82, 2.24) is 4.90 Å². The van der Waals surface area contributed by atoms with E-state index in [0.717, 1.165) is 4.90 Å². The molecule has 0 spiro atoms. The van der Waals surface area contributed by atoms with Crippen LogP contribution in [0, 0.1) is 0 Å². The standard InChI is InChI=1S/C21H20N2O4S/c1-13(24)14-6-5-7-15(12-14)22-19(25)18(10-11-28-2)23-20(26)16-8-3-4-9-17(16)21(23)27/h3-9,12,18H,10-11H2,1-2H3,(H,22,25)/t18-/m1/s1. The van der Waals surface area contributed by atoms with Crippen LogP contribution >= 0.6 is 11.8 Å². The van der Waals surface area contributed by atoms with Crippen molar-refractivity contribution in [2.45, 2.75) is 19.4 Å². The van der Waals surface area contributed by atoms with Gasteiger partial charge in [0, 0.05) is 11.3 Å². The molecule has 2 aromatic carbocycles. The van der Waals surface area contributed by atoms with Gasteiger partial charge in [0.05, 0.1) is 11.1 Å². The number of Topliss-reactive ketones (excluding diaryl/α,β-unsaturated/α-hetero) is 1. The van der Waals surface area contributed by atoms with Crippen LogP contribution in [0.5, 0.6) is 0 Å². The molecule has 1 atom stereocenters. The number of amides is 3. The minimum atomic E-state index is -0.930. The third kappa shape index (κ3) is 3.84. The van der Waals surface area contributed by atoms with E-state index in [1.165, 1.54) is 18.7 Å². The first-order valence-electron chi connectivity index (χ1n) is 8.81. The van der Waals surface area contributed by atoms with Gasteiger partial charge in [0.2, 0.25) is 5.91 Å². The molecule has 144 valence electrons. The summed E-state index contributed by atoms with van der Waals surface area (Å²) in [5.41, 5.74) is 1.55. The lowest BCUT2D eigenvalue weighted by Crippen LogP contribution is -2.47. The van der Waals surface area contributed by atoms with Crippen molar-refractivity contribution < 1.29 is 19.2 Å². The van der Waals surface area contributed by atoms with Gasteiger partial charge in [0.15, 0.2) is 5.78 Å². The number of ketones is 1. The number of carbonyl (C=O) groups excluding carboxylic acids is 4. The smallest absolute Gasteiger partial charge is 0.262 e. The zero-order chi connectivity index (χ0) is 20.3. The highest BCUT2D eigenvalue weighted by molar-refractivity contribution is 7.98. The van der Waals surface area contributed by atoms with Crippen molar-refractivity contribution in [2.75, 3.05) is 17.3 Å². The predicted molar refractivity (Wildman–Crippen MR) is 109 cm³/mol. The molecule has 3 rings (SSSR count). The Hall–Kier alpha value is -2.93. The minimum absolute atomic E-state index is 0.115. The van der Waals surface area contributed by atoms with Gasteiger partial charge in [-0.2, -0.15) is 11.8 Å². The number of imide groups is 1. The molecule has 28 heavy (non-hydrogen) atoms. The Morgan fingerprint density at radius 1 is 1.04 bits per heavy atom. The van der Waals surface area contributed by atoms with E-state index in [1.807, 2.05) is 6.26 Å². The summed E-state index contributed by atoms with van der Waals surface area (Å²) >= 11 is 1.53. The molecule has 0 bridgehead atoms. The highest BCUT2D eigenvalue weighted by atomic mass is 32.2. The first kappa shape index (κ1) is 19.8. The van der Waals surface area contributed by atoms with E-state index in [9.17, 15) is 19.2 Å². The van der Waals surface area contributed by atoms with Gasteiger partial charge >= 0.3 is 0 Å². The number of rotatable bonds is 7. The Balaban J connectivity index is 1.87. The molecule has 1 aliphatic rings. The van der Waals surface area contributed by atoms with Crippen LogP contribution in [0.3, 0.4) is 0 Å². The van der Waals surface area contributed by atoms with Crippen molar-refractivity contribution in [2.24, 2.45) is 0 Å². The maximum absolute atomic E-state index is 13.0. The first-order chi connectivity index (χ1) is 13.4. The first-order valence-corrected chi connectivity index (χ1v) is 10.2. The van der Waals surface area contributed by atoms with Gasteiger partial charge in [-0.15, -0.1) is 0 Å². The van der Waals surface area contributed by atoms with Gasteiger partial charge in [-0.3, -0.25) is 24.1 Å². The molecule has 1 heterocycles. The van der Waals surface area contributed by atoms with Crippen LogP contribution in [0.1, 0.15) is 44.4 Å². The van der Waals surface area contributed by atoms with Gasteiger partial charge < -0.3 is 5.32 Å². The number of hydrogen-bond acceptors (Lipinski definition) is 5. The van der Waals surface area contributed by atoms with Crippen LogP contribution in [0.4, 0.5) is 5.69 Å². The minimum Gasteiger partial charge on any atom is -0.324 e. The molecular formula is C21H20N2O4S. The Morgan fingerprint density at radius 3 is 2.25 bits per heavy atom. The van der Waals surface area contributed by atoms with E-state index in [-0.39, 0.29) is 5.78 Å². The average Bonchev–Trinajstić information content (AvgIpc) is 2.94. The van der Waals surface area contributed by atoms with E-state index >= 15 is 0 Å². The van der Waals surface area contributed by atoms with Crippen LogP contribution in [0.15, 0.2) is 48.5 Å². The van der Waals surface area contributed by atoms with Crippen LogP contribution < -0.4 is 5.32 Å². The molecule has 7 heteroatoms. The molecule has 0 fully saturated rings. The fraction of sp³-hybridized carbons (Fsp3) is 0.238. The molecule has 1 aliphatic heterocycles. The number of benzene rings is 2. The van der Waals surface area contributed by atoms with Crippen molar-refractivity contribution in [1.29, 1.82) is 0 Å². The number of thioether (sulfide) groups is 1. The van der Waals surface area contributed by atoms with E-state index in [4.69, 9.17) is 0 Å².